The first-order valence-corrected chi connectivity index (χ1v) is 13.4. The van der Waals surface area contributed by atoms with Crippen molar-refractivity contribution in [3.05, 3.63) is 93.6 Å². The minimum Gasteiger partial charge on any atom is -0.330 e. The normalized spacial score (nSPS) is 14.7. The van der Waals surface area contributed by atoms with E-state index in [0.717, 1.165) is 54.3 Å². The number of carbonyl (C=O) groups is 1. The zero-order chi connectivity index (χ0) is 26.2. The van der Waals surface area contributed by atoms with E-state index < -0.39 is 17.6 Å². The van der Waals surface area contributed by atoms with Crippen molar-refractivity contribution in [3.8, 4) is 11.1 Å². The number of hydrogen-bond acceptors (Lipinski definition) is 2. The van der Waals surface area contributed by atoms with Crippen LogP contribution in [0.3, 0.4) is 0 Å². The molecule has 2 nitrogen and oxygen atoms in total. The molecule has 0 unspecified atom stereocenters. The summed E-state index contributed by atoms with van der Waals surface area (Å²) in [4.78, 5) is 16.0. The molecule has 1 saturated carbocycles. The van der Waals surface area contributed by atoms with Crippen molar-refractivity contribution >= 4 is 38.9 Å². The molecule has 0 aliphatic heterocycles. The van der Waals surface area contributed by atoms with E-state index in [1.54, 1.807) is 11.0 Å². The fourth-order valence-electron chi connectivity index (χ4n) is 4.95. The Kier molecular flexibility index (Phi) is 7.28. The summed E-state index contributed by atoms with van der Waals surface area (Å²) in [6, 6.07) is 16.8. The standard InChI is InChI=1S/C29H24ClF4NOS/c30-26-23-8-4-5-9-25(23)37-27(26)28(36)35(22-6-2-1-3-7-22)17-20-16-19(12-15-24(20)31)18-10-13-21(14-11-18)29(32,33)34/h4-5,8-16,22H,1-3,6-7,17H2. The van der Waals surface area contributed by atoms with Crippen LogP contribution in [-0.2, 0) is 12.7 Å². The third-order valence-electron chi connectivity index (χ3n) is 6.94. The van der Waals surface area contributed by atoms with Crippen molar-refractivity contribution in [2.45, 2.75) is 50.9 Å². The summed E-state index contributed by atoms with van der Waals surface area (Å²) in [5.41, 5.74) is 0.694. The SMILES string of the molecule is O=C(c1sc2ccccc2c1Cl)N(Cc1cc(-c2ccc(C(F)(F)F)cc2)ccc1F)C1CCCCC1. The molecule has 0 bridgehead atoms. The second kappa shape index (κ2) is 10.5. The van der Waals surface area contributed by atoms with Crippen LogP contribution in [-0.4, -0.2) is 16.8 Å². The summed E-state index contributed by atoms with van der Waals surface area (Å²) in [5, 5.41) is 1.22. The van der Waals surface area contributed by atoms with E-state index in [9.17, 15) is 18.0 Å². The number of nitrogens with zero attached hydrogens (tertiary/aromatic N) is 1. The predicted octanol–water partition coefficient (Wildman–Crippen LogP) is 9.35. The van der Waals surface area contributed by atoms with Gasteiger partial charge in [-0.3, -0.25) is 4.79 Å². The van der Waals surface area contributed by atoms with Gasteiger partial charge in [-0.2, -0.15) is 13.2 Å². The average Bonchev–Trinajstić information content (AvgIpc) is 3.24. The lowest BCUT2D eigenvalue weighted by Crippen LogP contribution is -2.41. The molecule has 4 aromatic rings. The predicted molar refractivity (Wildman–Crippen MR) is 140 cm³/mol. The summed E-state index contributed by atoms with van der Waals surface area (Å²) in [6.07, 6.45) is 0.301. The van der Waals surface area contributed by atoms with E-state index in [-0.39, 0.29) is 18.5 Å². The fraction of sp³-hybridized carbons (Fsp3) is 0.276. The lowest BCUT2D eigenvalue weighted by molar-refractivity contribution is -0.137. The number of carbonyl (C=O) groups excluding carboxylic acids is 1. The van der Waals surface area contributed by atoms with Crippen LogP contribution < -0.4 is 0 Å². The number of benzene rings is 3. The molecule has 0 radical (unpaired) electrons. The van der Waals surface area contributed by atoms with Crippen molar-refractivity contribution in [1.29, 1.82) is 0 Å². The quantitative estimate of drug-likeness (QED) is 0.229. The number of amides is 1. The van der Waals surface area contributed by atoms with Gasteiger partial charge < -0.3 is 4.90 Å². The molecular formula is C29H24ClF4NOS. The van der Waals surface area contributed by atoms with Gasteiger partial charge in [-0.1, -0.05) is 67.3 Å². The summed E-state index contributed by atoms with van der Waals surface area (Å²) >= 11 is 7.96. The number of hydrogen-bond donors (Lipinski definition) is 0. The minimum atomic E-state index is -4.43. The number of thiophene rings is 1. The van der Waals surface area contributed by atoms with Crippen molar-refractivity contribution < 1.29 is 22.4 Å². The van der Waals surface area contributed by atoms with Gasteiger partial charge in [-0.15, -0.1) is 11.3 Å². The van der Waals surface area contributed by atoms with Gasteiger partial charge in [0.15, 0.2) is 0 Å². The number of halogens is 5. The topological polar surface area (TPSA) is 20.3 Å². The first-order chi connectivity index (χ1) is 17.7. The summed E-state index contributed by atoms with van der Waals surface area (Å²) in [6.45, 7) is 0.0500. The Labute approximate surface area is 221 Å². The summed E-state index contributed by atoms with van der Waals surface area (Å²) in [5.74, 6) is -0.691. The monoisotopic (exact) mass is 545 g/mol. The molecule has 37 heavy (non-hydrogen) atoms. The van der Waals surface area contributed by atoms with Gasteiger partial charge in [0.1, 0.15) is 10.7 Å². The molecule has 8 heteroatoms. The van der Waals surface area contributed by atoms with Crippen molar-refractivity contribution in [3.63, 3.8) is 0 Å². The van der Waals surface area contributed by atoms with E-state index >= 15 is 4.39 Å². The Bertz CT molecular complexity index is 1420. The van der Waals surface area contributed by atoms with Crippen LogP contribution in [0.1, 0.15) is 52.9 Å². The summed E-state index contributed by atoms with van der Waals surface area (Å²) < 4.78 is 54.9. The lowest BCUT2D eigenvalue weighted by Gasteiger charge is -2.34. The van der Waals surface area contributed by atoms with E-state index in [2.05, 4.69) is 0 Å². The molecule has 0 atom stereocenters. The molecule has 0 spiro atoms. The minimum absolute atomic E-state index is 0.0448. The molecule has 3 aromatic carbocycles. The molecule has 1 aliphatic rings. The van der Waals surface area contributed by atoms with Gasteiger partial charge in [0.25, 0.3) is 5.91 Å². The van der Waals surface area contributed by atoms with Crippen LogP contribution in [0.5, 0.6) is 0 Å². The smallest absolute Gasteiger partial charge is 0.330 e. The maximum absolute atomic E-state index is 15.0. The number of fused-ring (bicyclic) bond motifs is 1. The van der Waals surface area contributed by atoms with Gasteiger partial charge in [-0.25, -0.2) is 4.39 Å². The van der Waals surface area contributed by atoms with E-state index in [1.807, 2.05) is 24.3 Å². The number of alkyl halides is 3. The highest BCUT2D eigenvalue weighted by molar-refractivity contribution is 7.21. The van der Waals surface area contributed by atoms with Crippen LogP contribution in [0.2, 0.25) is 5.02 Å². The zero-order valence-corrected chi connectivity index (χ0v) is 21.4. The largest absolute Gasteiger partial charge is 0.416 e. The van der Waals surface area contributed by atoms with Crippen LogP contribution >= 0.6 is 22.9 Å². The van der Waals surface area contributed by atoms with Crippen molar-refractivity contribution in [2.24, 2.45) is 0 Å². The van der Waals surface area contributed by atoms with E-state index in [1.165, 1.54) is 35.6 Å². The van der Waals surface area contributed by atoms with Crippen LogP contribution in [0.25, 0.3) is 21.2 Å². The van der Waals surface area contributed by atoms with Gasteiger partial charge in [0.05, 0.1) is 10.6 Å². The molecule has 0 saturated heterocycles. The lowest BCUT2D eigenvalue weighted by atomic mass is 9.93. The van der Waals surface area contributed by atoms with Crippen LogP contribution in [0.4, 0.5) is 17.6 Å². The molecule has 1 amide bonds. The second-order valence-electron chi connectivity index (χ2n) is 9.35. The molecule has 1 fully saturated rings. The van der Waals surface area contributed by atoms with Crippen molar-refractivity contribution in [2.75, 3.05) is 0 Å². The number of rotatable bonds is 5. The third-order valence-corrected chi connectivity index (χ3v) is 8.60. The Hall–Kier alpha value is -2.90. The highest BCUT2D eigenvalue weighted by Gasteiger charge is 2.31. The third kappa shape index (κ3) is 5.39. The summed E-state index contributed by atoms with van der Waals surface area (Å²) in [7, 11) is 0. The Balaban J connectivity index is 1.49. The molecule has 0 N–H and O–H groups in total. The second-order valence-corrected chi connectivity index (χ2v) is 10.8. The van der Waals surface area contributed by atoms with Gasteiger partial charge in [0, 0.05) is 28.2 Å². The fourth-order valence-corrected chi connectivity index (χ4v) is 6.42. The van der Waals surface area contributed by atoms with Crippen LogP contribution in [0, 0.1) is 5.82 Å². The maximum atomic E-state index is 15.0. The molecule has 192 valence electrons. The highest BCUT2D eigenvalue weighted by atomic mass is 35.5. The molecule has 1 aliphatic carbocycles. The van der Waals surface area contributed by atoms with Gasteiger partial charge >= 0.3 is 6.18 Å². The van der Waals surface area contributed by atoms with E-state index in [0.29, 0.717) is 26.6 Å². The molecular weight excluding hydrogens is 522 g/mol. The molecule has 1 aromatic heterocycles. The average molecular weight is 546 g/mol. The Morgan fingerprint density at radius 2 is 1.62 bits per heavy atom. The van der Waals surface area contributed by atoms with Gasteiger partial charge in [0.2, 0.25) is 0 Å². The van der Waals surface area contributed by atoms with Crippen LogP contribution in [0.15, 0.2) is 66.7 Å². The maximum Gasteiger partial charge on any atom is 0.416 e. The first-order valence-electron chi connectivity index (χ1n) is 12.2. The van der Waals surface area contributed by atoms with Gasteiger partial charge in [-0.05, 0) is 54.3 Å². The highest BCUT2D eigenvalue weighted by Crippen LogP contribution is 2.38. The first kappa shape index (κ1) is 25.7. The Morgan fingerprint density at radius 1 is 0.946 bits per heavy atom. The molecule has 1 heterocycles. The zero-order valence-electron chi connectivity index (χ0n) is 19.8. The van der Waals surface area contributed by atoms with Crippen molar-refractivity contribution in [1.82, 2.24) is 4.90 Å². The van der Waals surface area contributed by atoms with E-state index in [4.69, 9.17) is 11.6 Å². The molecule has 5 rings (SSSR count). The Morgan fingerprint density at radius 3 is 2.30 bits per heavy atom.